The Kier molecular flexibility index (Phi) is 4.19. The number of rotatable bonds is 3. The maximum Gasteiger partial charge on any atom is 0.160 e. The normalized spacial score (nSPS) is 21.4. The van der Waals surface area contributed by atoms with Crippen LogP contribution >= 0.6 is 0 Å². The second kappa shape index (κ2) is 6.40. The molecule has 0 radical (unpaired) electrons. The molecule has 0 fully saturated rings. The first kappa shape index (κ1) is 17.0. The van der Waals surface area contributed by atoms with Crippen molar-refractivity contribution in [2.45, 2.75) is 38.4 Å². The van der Waals surface area contributed by atoms with Crippen molar-refractivity contribution in [3.8, 4) is 23.0 Å². The molecule has 0 spiro atoms. The monoisotopic (exact) mass is 355 g/mol. The smallest absolute Gasteiger partial charge is 0.160 e. The Bertz CT molecular complexity index is 848. The van der Waals surface area contributed by atoms with Crippen LogP contribution in [0, 0.1) is 0 Å². The number of hydrogen-bond acceptors (Lipinski definition) is 5. The van der Waals surface area contributed by atoms with Crippen molar-refractivity contribution in [3.63, 3.8) is 0 Å². The summed E-state index contributed by atoms with van der Waals surface area (Å²) < 4.78 is 16.4. The van der Waals surface area contributed by atoms with Crippen LogP contribution in [0.15, 0.2) is 24.3 Å². The average molecular weight is 355 g/mol. The summed E-state index contributed by atoms with van der Waals surface area (Å²) in [6, 6.07) is 8.56. The standard InChI is InChI=1S/C21H25NO4/c1-12-5-13-8-21(26-4)19(23)10-16(13)18-7-14-6-15(24-2)9-20(25-3)17(14)11-22(12)18/h6,8-10,12,18,23H,5,7,11H2,1-4H3/t12-,18-/m0/s1. The molecule has 0 unspecified atom stereocenters. The van der Waals surface area contributed by atoms with Crippen LogP contribution in [0.25, 0.3) is 0 Å². The molecule has 4 rings (SSSR count). The zero-order valence-electron chi connectivity index (χ0n) is 15.7. The molecule has 0 amide bonds. The van der Waals surface area contributed by atoms with E-state index >= 15 is 0 Å². The van der Waals surface area contributed by atoms with Crippen molar-refractivity contribution in [2.24, 2.45) is 0 Å². The van der Waals surface area contributed by atoms with E-state index in [1.54, 1.807) is 21.3 Å². The Balaban J connectivity index is 1.81. The van der Waals surface area contributed by atoms with E-state index in [0.29, 0.717) is 11.8 Å². The maximum absolute atomic E-state index is 10.3. The second-order valence-electron chi connectivity index (χ2n) is 7.14. The molecule has 2 atom stereocenters. The van der Waals surface area contributed by atoms with E-state index in [0.717, 1.165) is 30.9 Å². The van der Waals surface area contributed by atoms with Gasteiger partial charge in [-0.3, -0.25) is 4.90 Å². The van der Waals surface area contributed by atoms with Crippen LogP contribution in [0.3, 0.4) is 0 Å². The van der Waals surface area contributed by atoms with Crippen LogP contribution < -0.4 is 14.2 Å². The first-order chi connectivity index (χ1) is 12.5. The quantitative estimate of drug-likeness (QED) is 0.914. The Morgan fingerprint density at radius 3 is 2.38 bits per heavy atom. The van der Waals surface area contributed by atoms with E-state index in [-0.39, 0.29) is 11.8 Å². The lowest BCUT2D eigenvalue weighted by Crippen LogP contribution is -2.45. The molecule has 0 aromatic heterocycles. The van der Waals surface area contributed by atoms with Crippen molar-refractivity contribution in [2.75, 3.05) is 21.3 Å². The first-order valence-electron chi connectivity index (χ1n) is 8.95. The number of ether oxygens (including phenoxy) is 3. The summed E-state index contributed by atoms with van der Waals surface area (Å²) in [5, 5.41) is 10.3. The van der Waals surface area contributed by atoms with E-state index < -0.39 is 0 Å². The lowest BCUT2D eigenvalue weighted by Gasteiger charge is -2.45. The molecular formula is C21H25NO4. The number of benzene rings is 2. The second-order valence-corrected chi connectivity index (χ2v) is 7.14. The largest absolute Gasteiger partial charge is 0.504 e. The third kappa shape index (κ3) is 2.58. The third-order valence-corrected chi connectivity index (χ3v) is 5.77. The predicted octanol–water partition coefficient (Wildman–Crippen LogP) is 3.46. The molecule has 2 aliphatic heterocycles. The van der Waals surface area contributed by atoms with E-state index in [1.165, 1.54) is 22.3 Å². The Hall–Kier alpha value is -2.40. The molecule has 2 aromatic carbocycles. The van der Waals surface area contributed by atoms with Gasteiger partial charge in [0.15, 0.2) is 11.5 Å². The van der Waals surface area contributed by atoms with Gasteiger partial charge in [-0.15, -0.1) is 0 Å². The molecule has 138 valence electrons. The lowest BCUT2D eigenvalue weighted by atomic mass is 9.81. The van der Waals surface area contributed by atoms with Gasteiger partial charge in [0.1, 0.15) is 11.5 Å². The van der Waals surface area contributed by atoms with Crippen molar-refractivity contribution in [3.05, 3.63) is 46.5 Å². The van der Waals surface area contributed by atoms with Crippen LogP contribution in [0.5, 0.6) is 23.0 Å². The van der Waals surface area contributed by atoms with Crippen LogP contribution in [-0.4, -0.2) is 37.4 Å². The molecular weight excluding hydrogens is 330 g/mol. The number of phenols is 1. The van der Waals surface area contributed by atoms with E-state index in [2.05, 4.69) is 17.9 Å². The fourth-order valence-corrected chi connectivity index (χ4v) is 4.42. The minimum atomic E-state index is 0.203. The van der Waals surface area contributed by atoms with E-state index in [9.17, 15) is 5.11 Å². The highest BCUT2D eigenvalue weighted by molar-refractivity contribution is 5.53. The minimum Gasteiger partial charge on any atom is -0.504 e. The maximum atomic E-state index is 10.3. The SMILES string of the molecule is COc1cc2c(c(OC)c1)CN1[C@@H](C)Cc3cc(OC)c(O)cc3[C@@H]1C2. The number of aromatic hydroxyl groups is 1. The van der Waals surface area contributed by atoms with Crippen LogP contribution in [0.2, 0.25) is 0 Å². The molecule has 26 heavy (non-hydrogen) atoms. The molecule has 5 heteroatoms. The lowest BCUT2D eigenvalue weighted by molar-refractivity contribution is 0.104. The van der Waals surface area contributed by atoms with Gasteiger partial charge in [-0.1, -0.05) is 0 Å². The van der Waals surface area contributed by atoms with Gasteiger partial charge in [0.25, 0.3) is 0 Å². The molecule has 5 nitrogen and oxygen atoms in total. The highest BCUT2D eigenvalue weighted by Crippen LogP contribution is 2.46. The zero-order chi connectivity index (χ0) is 18.4. The van der Waals surface area contributed by atoms with Gasteiger partial charge in [-0.2, -0.15) is 0 Å². The Morgan fingerprint density at radius 2 is 1.69 bits per heavy atom. The highest BCUT2D eigenvalue weighted by Gasteiger charge is 2.37. The summed E-state index contributed by atoms with van der Waals surface area (Å²) >= 11 is 0. The highest BCUT2D eigenvalue weighted by atomic mass is 16.5. The Morgan fingerprint density at radius 1 is 0.923 bits per heavy atom. The van der Waals surface area contributed by atoms with Gasteiger partial charge < -0.3 is 19.3 Å². The van der Waals surface area contributed by atoms with Gasteiger partial charge in [0, 0.05) is 30.3 Å². The molecule has 0 saturated heterocycles. The van der Waals surface area contributed by atoms with Crippen LogP contribution in [-0.2, 0) is 19.4 Å². The van der Waals surface area contributed by atoms with E-state index in [1.807, 2.05) is 18.2 Å². The van der Waals surface area contributed by atoms with Crippen molar-refractivity contribution in [1.82, 2.24) is 4.90 Å². The fourth-order valence-electron chi connectivity index (χ4n) is 4.42. The summed E-state index contributed by atoms with van der Waals surface area (Å²) in [5.41, 5.74) is 4.93. The van der Waals surface area contributed by atoms with Gasteiger partial charge in [-0.25, -0.2) is 0 Å². The Labute approximate surface area is 154 Å². The molecule has 0 saturated carbocycles. The fraction of sp³-hybridized carbons (Fsp3) is 0.429. The summed E-state index contributed by atoms with van der Waals surface area (Å²) in [5.74, 6) is 2.45. The number of nitrogens with zero attached hydrogens (tertiary/aromatic N) is 1. The summed E-state index contributed by atoms with van der Waals surface area (Å²) in [6.45, 7) is 3.09. The average Bonchev–Trinajstić information content (AvgIpc) is 2.66. The van der Waals surface area contributed by atoms with Crippen LogP contribution in [0.1, 0.15) is 35.2 Å². The van der Waals surface area contributed by atoms with Gasteiger partial charge in [0.05, 0.1) is 21.3 Å². The molecule has 2 aromatic rings. The van der Waals surface area contributed by atoms with Gasteiger partial charge in [0.2, 0.25) is 0 Å². The van der Waals surface area contributed by atoms with Crippen molar-refractivity contribution in [1.29, 1.82) is 0 Å². The number of methoxy groups -OCH3 is 3. The first-order valence-corrected chi connectivity index (χ1v) is 8.95. The molecule has 0 bridgehead atoms. The topological polar surface area (TPSA) is 51.2 Å². The van der Waals surface area contributed by atoms with Gasteiger partial charge >= 0.3 is 0 Å². The van der Waals surface area contributed by atoms with Gasteiger partial charge in [-0.05, 0) is 54.7 Å². The van der Waals surface area contributed by atoms with Crippen molar-refractivity contribution < 1.29 is 19.3 Å². The zero-order valence-corrected chi connectivity index (χ0v) is 15.7. The molecule has 2 aliphatic rings. The third-order valence-electron chi connectivity index (χ3n) is 5.77. The number of phenolic OH excluding ortho intramolecular Hbond substituents is 1. The number of fused-ring (bicyclic) bond motifs is 4. The van der Waals surface area contributed by atoms with E-state index in [4.69, 9.17) is 14.2 Å². The van der Waals surface area contributed by atoms with Crippen molar-refractivity contribution >= 4 is 0 Å². The summed E-state index contributed by atoms with van der Waals surface area (Å²) in [6.07, 6.45) is 1.81. The summed E-state index contributed by atoms with van der Waals surface area (Å²) in [7, 11) is 4.98. The minimum absolute atomic E-state index is 0.203. The molecule has 1 N–H and O–H groups in total. The molecule has 2 heterocycles. The summed E-state index contributed by atoms with van der Waals surface area (Å²) in [4.78, 5) is 2.51. The predicted molar refractivity (Wildman–Crippen MR) is 99.4 cm³/mol. The number of hydrogen-bond donors (Lipinski definition) is 1. The van der Waals surface area contributed by atoms with Crippen LogP contribution in [0.4, 0.5) is 0 Å². The molecule has 0 aliphatic carbocycles.